The zero-order chi connectivity index (χ0) is 20.1. The number of H-pyrrole nitrogens is 1. The highest BCUT2D eigenvalue weighted by Gasteiger charge is 2.31. The Balaban J connectivity index is 1.50. The van der Waals surface area contributed by atoms with Crippen molar-refractivity contribution in [1.82, 2.24) is 29.7 Å². The van der Waals surface area contributed by atoms with Gasteiger partial charge in [0.05, 0.1) is 16.7 Å². The molecule has 4 heterocycles. The molecule has 0 saturated heterocycles. The van der Waals surface area contributed by atoms with Gasteiger partial charge in [-0.05, 0) is 52.9 Å². The Morgan fingerprint density at radius 2 is 2.14 bits per heavy atom. The maximum atomic E-state index is 13.2. The summed E-state index contributed by atoms with van der Waals surface area (Å²) in [4.78, 5) is 19.4. The summed E-state index contributed by atoms with van der Waals surface area (Å²) in [5.74, 6) is -0.0744. The predicted octanol–water partition coefficient (Wildman–Crippen LogP) is 3.95. The molecule has 1 amide bonds. The lowest BCUT2D eigenvalue weighted by molar-refractivity contribution is 0.0671. The highest BCUT2D eigenvalue weighted by atomic mass is 79.9. The number of aromatic nitrogens is 5. The van der Waals surface area contributed by atoms with Crippen molar-refractivity contribution >= 4 is 27.5 Å². The molecule has 146 valence electrons. The van der Waals surface area contributed by atoms with E-state index in [1.54, 1.807) is 23.0 Å². The number of hydrogen-bond donors (Lipinski definition) is 1. The summed E-state index contributed by atoms with van der Waals surface area (Å²) < 4.78 is 2.44. The Morgan fingerprint density at radius 3 is 2.93 bits per heavy atom. The van der Waals surface area contributed by atoms with Crippen LogP contribution >= 0.6 is 15.9 Å². The zero-order valence-corrected chi connectivity index (χ0v) is 17.6. The number of benzene rings is 1. The Labute approximate surface area is 175 Å². The van der Waals surface area contributed by atoms with E-state index in [1.165, 1.54) is 16.7 Å². The first-order valence-electron chi connectivity index (χ1n) is 9.47. The van der Waals surface area contributed by atoms with Gasteiger partial charge in [0, 0.05) is 36.3 Å². The Morgan fingerprint density at radius 1 is 1.28 bits per heavy atom. The number of nitrogens with zero attached hydrogens (tertiary/aromatic N) is 5. The molecule has 0 bridgehead atoms. The number of aromatic amines is 1. The lowest BCUT2D eigenvalue weighted by Crippen LogP contribution is -2.39. The average Bonchev–Trinajstić information content (AvgIpc) is 3.33. The van der Waals surface area contributed by atoms with Crippen molar-refractivity contribution in [3.05, 3.63) is 69.8 Å². The summed E-state index contributed by atoms with van der Waals surface area (Å²) in [6, 6.07) is 8.00. The lowest BCUT2D eigenvalue weighted by atomic mass is 9.87. The number of hydrogen-bond acceptors (Lipinski definition) is 4. The van der Waals surface area contributed by atoms with E-state index in [-0.39, 0.29) is 11.9 Å². The summed E-state index contributed by atoms with van der Waals surface area (Å²) in [5.41, 5.74) is 6.88. The van der Waals surface area contributed by atoms with Crippen LogP contribution in [0.3, 0.4) is 0 Å². The first-order valence-corrected chi connectivity index (χ1v) is 10.3. The fourth-order valence-corrected chi connectivity index (χ4v) is 4.42. The summed E-state index contributed by atoms with van der Waals surface area (Å²) in [6.07, 6.45) is 6.16. The van der Waals surface area contributed by atoms with E-state index < -0.39 is 0 Å². The van der Waals surface area contributed by atoms with Crippen molar-refractivity contribution < 1.29 is 4.79 Å². The fourth-order valence-electron chi connectivity index (χ4n) is 4.13. The molecule has 1 aliphatic heterocycles. The zero-order valence-electron chi connectivity index (χ0n) is 16.1. The number of halogens is 1. The summed E-state index contributed by atoms with van der Waals surface area (Å²) >= 11 is 3.39. The van der Waals surface area contributed by atoms with Gasteiger partial charge in [-0.15, -0.1) is 0 Å². The molecule has 0 radical (unpaired) electrons. The van der Waals surface area contributed by atoms with Crippen molar-refractivity contribution in [1.29, 1.82) is 0 Å². The molecule has 7 nitrogen and oxygen atoms in total. The maximum Gasteiger partial charge on any atom is 0.274 e. The van der Waals surface area contributed by atoms with Crippen LogP contribution in [-0.4, -0.2) is 42.1 Å². The van der Waals surface area contributed by atoms with E-state index in [0.717, 1.165) is 22.2 Å². The number of carbonyl (C=O) groups is 1. The average molecular weight is 451 g/mol. The van der Waals surface area contributed by atoms with Crippen molar-refractivity contribution in [3.8, 4) is 11.1 Å². The molecule has 1 N–H and O–H groups in total. The molecule has 0 spiro atoms. The third kappa shape index (κ3) is 2.95. The Bertz CT molecular complexity index is 1240. The van der Waals surface area contributed by atoms with Gasteiger partial charge in [0.1, 0.15) is 0 Å². The van der Waals surface area contributed by atoms with Crippen molar-refractivity contribution in [2.45, 2.75) is 26.3 Å². The predicted molar refractivity (Wildman–Crippen MR) is 113 cm³/mol. The summed E-state index contributed by atoms with van der Waals surface area (Å²) in [7, 11) is 0. The molecular formula is C21H19BrN6O. The van der Waals surface area contributed by atoms with Gasteiger partial charge in [-0.2, -0.15) is 10.2 Å². The molecule has 1 unspecified atom stereocenters. The van der Waals surface area contributed by atoms with Gasteiger partial charge in [0.15, 0.2) is 11.3 Å². The normalized spacial score (nSPS) is 16.2. The van der Waals surface area contributed by atoms with Crippen LogP contribution in [0.5, 0.6) is 0 Å². The molecule has 8 heteroatoms. The van der Waals surface area contributed by atoms with E-state index >= 15 is 0 Å². The number of fused-ring (bicyclic) bond motifs is 2. The van der Waals surface area contributed by atoms with Gasteiger partial charge in [-0.3, -0.25) is 9.89 Å². The van der Waals surface area contributed by atoms with Crippen LogP contribution in [0.2, 0.25) is 0 Å². The van der Waals surface area contributed by atoms with E-state index in [0.29, 0.717) is 17.9 Å². The third-order valence-electron chi connectivity index (χ3n) is 5.61. The van der Waals surface area contributed by atoms with Crippen molar-refractivity contribution in [2.75, 3.05) is 6.54 Å². The van der Waals surface area contributed by atoms with Crippen LogP contribution in [0.25, 0.3) is 16.8 Å². The summed E-state index contributed by atoms with van der Waals surface area (Å²) in [6.45, 7) is 4.75. The highest BCUT2D eigenvalue weighted by Crippen LogP contribution is 2.37. The van der Waals surface area contributed by atoms with Crippen LogP contribution in [0.15, 0.2) is 47.3 Å². The molecule has 4 aromatic rings. The number of nitrogens with one attached hydrogen (secondary N) is 1. The van der Waals surface area contributed by atoms with Gasteiger partial charge < -0.3 is 4.90 Å². The van der Waals surface area contributed by atoms with E-state index in [1.807, 2.05) is 18.0 Å². The topological polar surface area (TPSA) is 79.2 Å². The maximum absolute atomic E-state index is 13.2. The Hall–Kier alpha value is -3.00. The Kier molecular flexibility index (Phi) is 4.24. The molecule has 3 aromatic heterocycles. The van der Waals surface area contributed by atoms with Crippen LogP contribution in [0.1, 0.15) is 40.3 Å². The molecule has 0 fully saturated rings. The number of amides is 1. The second-order valence-electron chi connectivity index (χ2n) is 7.31. The van der Waals surface area contributed by atoms with Crippen LogP contribution in [-0.2, 0) is 6.42 Å². The molecular weight excluding hydrogens is 432 g/mol. The van der Waals surface area contributed by atoms with Gasteiger partial charge in [0.2, 0.25) is 0 Å². The molecule has 5 rings (SSSR count). The lowest BCUT2D eigenvalue weighted by Gasteiger charge is -2.35. The van der Waals surface area contributed by atoms with E-state index in [9.17, 15) is 4.79 Å². The van der Waals surface area contributed by atoms with Crippen LogP contribution in [0, 0.1) is 6.92 Å². The minimum absolute atomic E-state index is 0.0390. The third-order valence-corrected chi connectivity index (χ3v) is 6.02. The van der Waals surface area contributed by atoms with Crippen molar-refractivity contribution in [2.24, 2.45) is 0 Å². The molecule has 1 aromatic carbocycles. The second-order valence-corrected chi connectivity index (χ2v) is 8.23. The molecule has 0 saturated carbocycles. The molecule has 1 aliphatic rings. The van der Waals surface area contributed by atoms with E-state index in [2.05, 4.69) is 61.3 Å². The highest BCUT2D eigenvalue weighted by molar-refractivity contribution is 9.10. The van der Waals surface area contributed by atoms with Crippen LogP contribution < -0.4 is 0 Å². The largest absolute Gasteiger partial charge is 0.330 e. The van der Waals surface area contributed by atoms with Gasteiger partial charge in [0.25, 0.3) is 5.91 Å². The number of rotatable bonds is 2. The number of carbonyl (C=O) groups excluding carboxylic acids is 1. The quantitative estimate of drug-likeness (QED) is 0.501. The first-order chi connectivity index (χ1) is 14.0. The number of aryl methyl sites for hydroxylation is 1. The minimum Gasteiger partial charge on any atom is -0.330 e. The van der Waals surface area contributed by atoms with Gasteiger partial charge in [-0.1, -0.05) is 18.2 Å². The van der Waals surface area contributed by atoms with Crippen LogP contribution in [0.4, 0.5) is 0 Å². The first kappa shape index (κ1) is 18.1. The second kappa shape index (κ2) is 6.81. The smallest absolute Gasteiger partial charge is 0.274 e. The van der Waals surface area contributed by atoms with E-state index in [4.69, 9.17) is 0 Å². The SMILES string of the molecule is Cc1[nH]ncc1-c1cccc2c1CCN(C(=O)c1cc3ncc(Br)cn3n1)C2C. The van der Waals surface area contributed by atoms with Gasteiger partial charge >= 0.3 is 0 Å². The summed E-state index contributed by atoms with van der Waals surface area (Å²) in [5, 5.41) is 11.6. The molecule has 1 atom stereocenters. The fraction of sp³-hybridized carbons (Fsp3) is 0.238. The van der Waals surface area contributed by atoms with Gasteiger partial charge in [-0.25, -0.2) is 9.50 Å². The molecule has 29 heavy (non-hydrogen) atoms. The minimum atomic E-state index is -0.0744. The monoisotopic (exact) mass is 450 g/mol. The standard InChI is InChI=1S/C21H19BrN6O/c1-12-18(10-24-25-12)16-5-3-4-15-13(2)27(7-6-17(15)16)21(29)19-8-20-23-9-14(22)11-28(20)26-19/h3-5,8-11,13H,6-7H2,1-2H3,(H,24,25). The van der Waals surface area contributed by atoms with Crippen molar-refractivity contribution in [3.63, 3.8) is 0 Å². The molecule has 0 aliphatic carbocycles.